The average molecular weight is 289 g/mol. The van der Waals surface area contributed by atoms with Gasteiger partial charge in [-0.3, -0.25) is 0 Å². The first-order chi connectivity index (χ1) is 9.78. The lowest BCUT2D eigenvalue weighted by Crippen LogP contribution is -2.39. The third-order valence-corrected chi connectivity index (χ3v) is 5.19. The van der Waals surface area contributed by atoms with Crippen molar-refractivity contribution in [2.75, 3.05) is 13.6 Å². The number of hydrogen-bond acceptors (Lipinski definition) is 2. The van der Waals surface area contributed by atoms with E-state index in [9.17, 15) is 5.11 Å². The van der Waals surface area contributed by atoms with E-state index in [0.717, 1.165) is 12.1 Å². The molecule has 1 N–H and O–H groups in total. The van der Waals surface area contributed by atoms with Crippen molar-refractivity contribution in [3.63, 3.8) is 0 Å². The molecule has 1 aromatic carbocycles. The predicted octanol–water partition coefficient (Wildman–Crippen LogP) is 4.24. The number of aliphatic hydroxyl groups is 1. The smallest absolute Gasteiger partial charge is 0.0919 e. The quantitative estimate of drug-likeness (QED) is 0.896. The van der Waals surface area contributed by atoms with E-state index in [0.29, 0.717) is 11.5 Å². The second-order valence-corrected chi connectivity index (χ2v) is 7.71. The van der Waals surface area contributed by atoms with Gasteiger partial charge >= 0.3 is 0 Å². The van der Waals surface area contributed by atoms with Gasteiger partial charge in [0.2, 0.25) is 0 Å². The third-order valence-electron chi connectivity index (χ3n) is 5.19. The van der Waals surface area contributed by atoms with Gasteiger partial charge in [-0.15, -0.1) is 0 Å². The van der Waals surface area contributed by atoms with Crippen LogP contribution in [-0.4, -0.2) is 29.6 Å². The molecule has 1 atom stereocenters. The lowest BCUT2D eigenvalue weighted by Gasteiger charge is -2.39. The summed E-state index contributed by atoms with van der Waals surface area (Å²) < 4.78 is 0. The highest BCUT2D eigenvalue weighted by Gasteiger charge is 2.29. The Balaban J connectivity index is 1.96. The van der Waals surface area contributed by atoms with Gasteiger partial charge in [-0.1, -0.05) is 37.6 Å². The number of likely N-dealkylation sites (N-methyl/N-ethyl adjacent to an activating group) is 1. The number of rotatable bonds is 4. The molecule has 0 amide bonds. The van der Waals surface area contributed by atoms with Crippen LogP contribution in [0.4, 0.5) is 0 Å². The Morgan fingerprint density at radius 3 is 2.48 bits per heavy atom. The van der Waals surface area contributed by atoms with Gasteiger partial charge in [-0.2, -0.15) is 0 Å². The SMILES string of the molecule is Cc1ccc(C)c(C(O)CN(C)C2CCC(C)(C)CC2)c1. The van der Waals surface area contributed by atoms with E-state index in [4.69, 9.17) is 0 Å². The lowest BCUT2D eigenvalue weighted by atomic mass is 9.75. The highest BCUT2D eigenvalue weighted by molar-refractivity contribution is 5.32. The molecule has 2 heteroatoms. The maximum atomic E-state index is 10.6. The molecule has 0 bridgehead atoms. The van der Waals surface area contributed by atoms with Crippen LogP contribution in [0.3, 0.4) is 0 Å². The molecule has 21 heavy (non-hydrogen) atoms. The number of benzene rings is 1. The first-order valence-corrected chi connectivity index (χ1v) is 8.24. The Morgan fingerprint density at radius 2 is 1.86 bits per heavy atom. The minimum Gasteiger partial charge on any atom is -0.387 e. The fourth-order valence-electron chi connectivity index (χ4n) is 3.46. The van der Waals surface area contributed by atoms with Crippen molar-refractivity contribution >= 4 is 0 Å². The summed E-state index contributed by atoms with van der Waals surface area (Å²) in [5, 5.41) is 10.6. The largest absolute Gasteiger partial charge is 0.387 e. The maximum Gasteiger partial charge on any atom is 0.0919 e. The van der Waals surface area contributed by atoms with Crippen LogP contribution in [-0.2, 0) is 0 Å². The Labute approximate surface area is 130 Å². The van der Waals surface area contributed by atoms with E-state index in [1.54, 1.807) is 0 Å². The van der Waals surface area contributed by atoms with Gasteiger partial charge in [0.05, 0.1) is 6.10 Å². The molecular weight excluding hydrogens is 258 g/mol. The molecule has 0 aromatic heterocycles. The van der Waals surface area contributed by atoms with E-state index < -0.39 is 0 Å². The summed E-state index contributed by atoms with van der Waals surface area (Å²) in [5.41, 5.74) is 3.99. The van der Waals surface area contributed by atoms with Crippen LogP contribution in [0.1, 0.15) is 62.3 Å². The van der Waals surface area contributed by atoms with Crippen molar-refractivity contribution in [1.82, 2.24) is 4.90 Å². The molecule has 0 heterocycles. The molecule has 0 spiro atoms. The molecule has 1 aliphatic carbocycles. The van der Waals surface area contributed by atoms with E-state index in [-0.39, 0.29) is 6.10 Å². The summed E-state index contributed by atoms with van der Waals surface area (Å²) in [5.74, 6) is 0. The zero-order chi connectivity index (χ0) is 15.6. The summed E-state index contributed by atoms with van der Waals surface area (Å²) in [4.78, 5) is 2.36. The molecule has 1 saturated carbocycles. The van der Waals surface area contributed by atoms with Crippen LogP contribution in [0, 0.1) is 19.3 Å². The predicted molar refractivity (Wildman–Crippen MR) is 89.5 cm³/mol. The second-order valence-electron chi connectivity index (χ2n) is 7.71. The first kappa shape index (κ1) is 16.5. The number of aryl methyl sites for hydroxylation is 2. The van der Waals surface area contributed by atoms with Crippen molar-refractivity contribution in [3.05, 3.63) is 34.9 Å². The second kappa shape index (κ2) is 6.50. The lowest BCUT2D eigenvalue weighted by molar-refractivity contribution is 0.0719. The number of aliphatic hydroxyl groups excluding tert-OH is 1. The standard InChI is InChI=1S/C19H31NO/c1-14-6-7-15(2)17(12-14)18(21)13-20(5)16-8-10-19(3,4)11-9-16/h6-7,12,16,18,21H,8-11,13H2,1-5H3. The maximum absolute atomic E-state index is 10.6. The van der Waals surface area contributed by atoms with Crippen LogP contribution in [0.25, 0.3) is 0 Å². The summed E-state index contributed by atoms with van der Waals surface area (Å²) >= 11 is 0. The highest BCUT2D eigenvalue weighted by atomic mass is 16.3. The van der Waals surface area contributed by atoms with E-state index in [1.165, 1.54) is 36.8 Å². The van der Waals surface area contributed by atoms with Gasteiger partial charge in [0.1, 0.15) is 0 Å². The van der Waals surface area contributed by atoms with Crippen LogP contribution in [0.15, 0.2) is 18.2 Å². The molecule has 0 radical (unpaired) electrons. The van der Waals surface area contributed by atoms with Gasteiger partial charge in [-0.25, -0.2) is 0 Å². The van der Waals surface area contributed by atoms with E-state index >= 15 is 0 Å². The van der Waals surface area contributed by atoms with Gasteiger partial charge < -0.3 is 10.0 Å². The molecule has 1 fully saturated rings. The van der Waals surface area contributed by atoms with Crippen LogP contribution in [0.2, 0.25) is 0 Å². The Hall–Kier alpha value is -0.860. The van der Waals surface area contributed by atoms with E-state index in [2.05, 4.69) is 57.8 Å². The van der Waals surface area contributed by atoms with Gasteiger partial charge in [0.25, 0.3) is 0 Å². The Bertz CT molecular complexity index is 470. The molecule has 0 aliphatic heterocycles. The fourth-order valence-corrected chi connectivity index (χ4v) is 3.46. The summed E-state index contributed by atoms with van der Waals surface area (Å²) in [6, 6.07) is 6.96. The van der Waals surface area contributed by atoms with Crippen molar-refractivity contribution in [1.29, 1.82) is 0 Å². The monoisotopic (exact) mass is 289 g/mol. The van der Waals surface area contributed by atoms with E-state index in [1.807, 2.05) is 0 Å². The van der Waals surface area contributed by atoms with Crippen LogP contribution < -0.4 is 0 Å². The topological polar surface area (TPSA) is 23.5 Å². The summed E-state index contributed by atoms with van der Waals surface area (Å²) in [6.07, 6.45) is 4.71. The van der Waals surface area contributed by atoms with Crippen LogP contribution in [0.5, 0.6) is 0 Å². The number of nitrogens with zero attached hydrogens (tertiary/aromatic N) is 1. The highest BCUT2D eigenvalue weighted by Crippen LogP contribution is 2.37. The molecular formula is C19H31NO. The minimum atomic E-state index is -0.384. The molecule has 2 nitrogen and oxygen atoms in total. The Morgan fingerprint density at radius 1 is 1.24 bits per heavy atom. The minimum absolute atomic E-state index is 0.384. The normalized spacial score (nSPS) is 20.7. The molecule has 1 unspecified atom stereocenters. The first-order valence-electron chi connectivity index (χ1n) is 8.24. The van der Waals surface area contributed by atoms with Crippen molar-refractivity contribution < 1.29 is 5.11 Å². The van der Waals surface area contributed by atoms with Gasteiger partial charge in [0.15, 0.2) is 0 Å². The van der Waals surface area contributed by atoms with Crippen molar-refractivity contribution in [2.45, 2.75) is 65.5 Å². The van der Waals surface area contributed by atoms with Crippen molar-refractivity contribution in [2.24, 2.45) is 5.41 Å². The molecule has 1 aliphatic rings. The van der Waals surface area contributed by atoms with Gasteiger partial charge in [-0.05, 0) is 63.1 Å². The average Bonchev–Trinajstić information content (AvgIpc) is 2.41. The number of hydrogen-bond donors (Lipinski definition) is 1. The molecule has 2 rings (SSSR count). The molecule has 0 saturated heterocycles. The molecule has 118 valence electrons. The fraction of sp³-hybridized carbons (Fsp3) is 0.684. The molecule has 1 aromatic rings. The summed E-state index contributed by atoms with van der Waals surface area (Å²) in [7, 11) is 2.16. The van der Waals surface area contributed by atoms with Gasteiger partial charge in [0, 0.05) is 12.6 Å². The summed E-state index contributed by atoms with van der Waals surface area (Å²) in [6.45, 7) is 9.64. The zero-order valence-electron chi connectivity index (χ0n) is 14.3. The third kappa shape index (κ3) is 4.31. The van der Waals surface area contributed by atoms with Crippen LogP contribution >= 0.6 is 0 Å². The zero-order valence-corrected chi connectivity index (χ0v) is 14.3. The van der Waals surface area contributed by atoms with Crippen molar-refractivity contribution in [3.8, 4) is 0 Å². The Kier molecular flexibility index (Phi) is 5.11.